The van der Waals surface area contributed by atoms with Crippen molar-refractivity contribution in [3.63, 3.8) is 0 Å². The molecule has 1 heterocycles. The number of ether oxygens (including phenoxy) is 1. The van der Waals surface area contributed by atoms with E-state index in [1.807, 2.05) is 0 Å². The Morgan fingerprint density at radius 3 is 2.47 bits per heavy atom. The Morgan fingerprint density at radius 2 is 2.05 bits per heavy atom. The first-order valence-electron chi connectivity index (χ1n) is 4.78. The molecule has 0 aliphatic rings. The molecule has 0 saturated heterocycles. The minimum absolute atomic E-state index is 0.561. The standard InChI is InChI=1S/C10H7ClF5NO2/c1-19-6(18)3-4-2-5(11)17-8(10(14,15)16)7(4)9(12)13/h2,9H,3H2,1H3. The summed E-state index contributed by atoms with van der Waals surface area (Å²) in [5, 5.41) is -0.629. The number of hydrogen-bond donors (Lipinski definition) is 0. The molecule has 0 N–H and O–H groups in total. The highest BCUT2D eigenvalue weighted by molar-refractivity contribution is 6.29. The quantitative estimate of drug-likeness (QED) is 0.488. The van der Waals surface area contributed by atoms with Gasteiger partial charge in [-0.25, -0.2) is 13.8 Å². The van der Waals surface area contributed by atoms with Gasteiger partial charge in [0.25, 0.3) is 6.43 Å². The van der Waals surface area contributed by atoms with Crippen molar-refractivity contribution in [1.82, 2.24) is 4.98 Å². The van der Waals surface area contributed by atoms with Gasteiger partial charge in [0, 0.05) is 0 Å². The normalized spacial score (nSPS) is 11.8. The second-order valence-corrected chi connectivity index (χ2v) is 3.80. The van der Waals surface area contributed by atoms with Gasteiger partial charge >= 0.3 is 12.1 Å². The van der Waals surface area contributed by atoms with Gasteiger partial charge in [0.2, 0.25) is 0 Å². The molecule has 0 aliphatic heterocycles. The topological polar surface area (TPSA) is 39.2 Å². The number of carbonyl (C=O) groups excluding carboxylic acids is 1. The predicted octanol–water partition coefficient (Wildman–Crippen LogP) is 3.41. The third-order valence-corrected chi connectivity index (χ3v) is 2.36. The summed E-state index contributed by atoms with van der Waals surface area (Å²) in [6.45, 7) is 0. The molecule has 0 fully saturated rings. The summed E-state index contributed by atoms with van der Waals surface area (Å²) in [6, 6.07) is 0.787. The summed E-state index contributed by atoms with van der Waals surface area (Å²) in [5.41, 5.74) is -3.72. The van der Waals surface area contributed by atoms with Crippen molar-refractivity contribution in [2.75, 3.05) is 7.11 Å². The van der Waals surface area contributed by atoms with Gasteiger partial charge in [-0.05, 0) is 11.6 Å². The van der Waals surface area contributed by atoms with Crippen molar-refractivity contribution < 1.29 is 31.5 Å². The lowest BCUT2D eigenvalue weighted by molar-refractivity contribution is -0.144. The molecule has 0 unspecified atom stereocenters. The minimum Gasteiger partial charge on any atom is -0.469 e. The van der Waals surface area contributed by atoms with Crippen LogP contribution in [0.1, 0.15) is 23.2 Å². The first-order chi connectivity index (χ1) is 8.66. The molecule has 0 amide bonds. The molecule has 1 aromatic rings. The lowest BCUT2D eigenvalue weighted by Crippen LogP contribution is -2.17. The zero-order chi connectivity index (χ0) is 14.8. The second-order valence-electron chi connectivity index (χ2n) is 3.42. The van der Waals surface area contributed by atoms with E-state index in [4.69, 9.17) is 11.6 Å². The fraction of sp³-hybridized carbons (Fsp3) is 0.400. The summed E-state index contributed by atoms with van der Waals surface area (Å²) in [6.07, 6.45) is -9.29. The maximum absolute atomic E-state index is 12.8. The Bertz CT molecular complexity index is 490. The molecule has 19 heavy (non-hydrogen) atoms. The van der Waals surface area contributed by atoms with Crippen molar-refractivity contribution in [1.29, 1.82) is 0 Å². The third-order valence-electron chi connectivity index (χ3n) is 2.16. The van der Waals surface area contributed by atoms with Crippen LogP contribution in [0.3, 0.4) is 0 Å². The molecule has 1 rings (SSSR count). The Labute approximate surface area is 109 Å². The molecule has 0 aromatic carbocycles. The van der Waals surface area contributed by atoms with Crippen LogP contribution in [0.2, 0.25) is 5.15 Å². The van der Waals surface area contributed by atoms with Crippen molar-refractivity contribution in [2.24, 2.45) is 0 Å². The number of aromatic nitrogens is 1. The van der Waals surface area contributed by atoms with Gasteiger partial charge in [0.05, 0.1) is 19.1 Å². The highest BCUT2D eigenvalue weighted by Crippen LogP contribution is 2.38. The van der Waals surface area contributed by atoms with E-state index in [0.717, 1.165) is 13.2 Å². The van der Waals surface area contributed by atoms with Crippen LogP contribution in [0, 0.1) is 0 Å². The minimum atomic E-state index is -5.10. The van der Waals surface area contributed by atoms with Crippen LogP contribution in [0.15, 0.2) is 6.07 Å². The Balaban J connectivity index is 3.45. The van der Waals surface area contributed by atoms with E-state index in [1.54, 1.807) is 0 Å². The molecule has 0 atom stereocenters. The Hall–Kier alpha value is -1.44. The lowest BCUT2D eigenvalue weighted by atomic mass is 10.0. The number of carbonyl (C=O) groups is 1. The van der Waals surface area contributed by atoms with Crippen LogP contribution in [0.4, 0.5) is 22.0 Å². The van der Waals surface area contributed by atoms with E-state index in [0.29, 0.717) is 0 Å². The third kappa shape index (κ3) is 3.76. The van der Waals surface area contributed by atoms with Crippen LogP contribution in [0.5, 0.6) is 0 Å². The molecule has 0 radical (unpaired) electrons. The van der Waals surface area contributed by atoms with E-state index >= 15 is 0 Å². The summed E-state index contributed by atoms with van der Waals surface area (Å²) >= 11 is 5.35. The molecular weight excluding hydrogens is 297 g/mol. The monoisotopic (exact) mass is 303 g/mol. The summed E-state index contributed by atoms with van der Waals surface area (Å²) < 4.78 is 67.6. The average molecular weight is 304 g/mol. The molecule has 9 heteroatoms. The molecule has 106 valence electrons. The fourth-order valence-corrected chi connectivity index (χ4v) is 1.62. The van der Waals surface area contributed by atoms with Gasteiger partial charge in [-0.15, -0.1) is 0 Å². The van der Waals surface area contributed by atoms with Crippen LogP contribution >= 0.6 is 11.6 Å². The van der Waals surface area contributed by atoms with Crippen LogP contribution in [-0.4, -0.2) is 18.1 Å². The molecular formula is C10H7ClF5NO2. The number of alkyl halides is 5. The highest BCUT2D eigenvalue weighted by Gasteiger charge is 2.39. The summed E-state index contributed by atoms with van der Waals surface area (Å²) in [5.74, 6) is -0.961. The number of esters is 1. The SMILES string of the molecule is COC(=O)Cc1cc(Cl)nc(C(F)(F)F)c1C(F)F. The van der Waals surface area contributed by atoms with Gasteiger partial charge in [0.15, 0.2) is 5.69 Å². The van der Waals surface area contributed by atoms with Crippen LogP contribution in [0.25, 0.3) is 0 Å². The zero-order valence-corrected chi connectivity index (χ0v) is 10.1. The molecule has 0 bridgehead atoms. The van der Waals surface area contributed by atoms with Gasteiger partial charge in [-0.2, -0.15) is 13.2 Å². The maximum atomic E-state index is 12.8. The second kappa shape index (κ2) is 5.68. The van der Waals surface area contributed by atoms with Crippen molar-refractivity contribution in [2.45, 2.75) is 19.0 Å². The van der Waals surface area contributed by atoms with E-state index in [2.05, 4.69) is 9.72 Å². The summed E-state index contributed by atoms with van der Waals surface area (Å²) in [7, 11) is 0.984. The predicted molar refractivity (Wildman–Crippen MR) is 54.9 cm³/mol. The molecule has 1 aromatic heterocycles. The first kappa shape index (κ1) is 15.6. The first-order valence-corrected chi connectivity index (χ1v) is 5.16. The smallest absolute Gasteiger partial charge is 0.433 e. The average Bonchev–Trinajstić information content (AvgIpc) is 2.26. The van der Waals surface area contributed by atoms with Crippen LogP contribution in [-0.2, 0) is 22.1 Å². The zero-order valence-electron chi connectivity index (χ0n) is 9.39. The fourth-order valence-electron chi connectivity index (χ4n) is 1.41. The lowest BCUT2D eigenvalue weighted by Gasteiger charge is -2.15. The molecule has 3 nitrogen and oxygen atoms in total. The van der Waals surface area contributed by atoms with Crippen molar-refractivity contribution in [3.05, 3.63) is 28.0 Å². The van der Waals surface area contributed by atoms with E-state index in [1.165, 1.54) is 0 Å². The summed E-state index contributed by atoms with van der Waals surface area (Å²) in [4.78, 5) is 13.9. The van der Waals surface area contributed by atoms with Crippen molar-refractivity contribution in [3.8, 4) is 0 Å². The van der Waals surface area contributed by atoms with Gasteiger partial charge in [0.1, 0.15) is 5.15 Å². The number of nitrogens with zero attached hydrogens (tertiary/aromatic N) is 1. The Kier molecular flexibility index (Phi) is 4.67. The largest absolute Gasteiger partial charge is 0.469 e. The number of methoxy groups -OCH3 is 1. The van der Waals surface area contributed by atoms with Crippen LogP contribution < -0.4 is 0 Å². The number of hydrogen-bond acceptors (Lipinski definition) is 3. The highest BCUT2D eigenvalue weighted by atomic mass is 35.5. The molecule has 0 aliphatic carbocycles. The van der Waals surface area contributed by atoms with E-state index in [-0.39, 0.29) is 0 Å². The van der Waals surface area contributed by atoms with Crippen molar-refractivity contribution >= 4 is 17.6 Å². The number of pyridine rings is 1. The van der Waals surface area contributed by atoms with Gasteiger partial charge in [-0.1, -0.05) is 11.6 Å². The number of halogens is 6. The molecule has 0 spiro atoms. The number of rotatable bonds is 3. The maximum Gasteiger partial charge on any atom is 0.433 e. The molecule has 0 saturated carbocycles. The van der Waals surface area contributed by atoms with Gasteiger partial charge in [-0.3, -0.25) is 4.79 Å². The van der Waals surface area contributed by atoms with Gasteiger partial charge < -0.3 is 4.74 Å². The van der Waals surface area contributed by atoms with E-state index in [9.17, 15) is 26.7 Å². The Morgan fingerprint density at radius 1 is 1.47 bits per heavy atom. The van der Waals surface area contributed by atoms with E-state index < -0.39 is 47.0 Å².